The highest BCUT2D eigenvalue weighted by molar-refractivity contribution is 14.1. The van der Waals surface area contributed by atoms with Crippen molar-refractivity contribution in [2.45, 2.75) is 52.3 Å². The summed E-state index contributed by atoms with van der Waals surface area (Å²) in [7, 11) is 3.80. The maximum atomic E-state index is 12.5. The normalized spacial score (nSPS) is 15.5. The first-order valence-corrected chi connectivity index (χ1v) is 14.8. The lowest BCUT2D eigenvalue weighted by Gasteiger charge is -2.23. The van der Waals surface area contributed by atoms with Gasteiger partial charge < -0.3 is 14.4 Å². The maximum absolute atomic E-state index is 12.5. The highest BCUT2D eigenvalue weighted by atomic mass is 127. The molecule has 3 aromatic heterocycles. The summed E-state index contributed by atoms with van der Waals surface area (Å²) in [5.41, 5.74) is 5.77. The molecule has 4 aromatic rings. The summed E-state index contributed by atoms with van der Waals surface area (Å²) in [6, 6.07) is 6.25. The van der Waals surface area contributed by atoms with E-state index >= 15 is 0 Å². The van der Waals surface area contributed by atoms with Crippen LogP contribution in [0, 0.1) is 3.57 Å². The van der Waals surface area contributed by atoms with Gasteiger partial charge in [0.2, 0.25) is 11.8 Å². The van der Waals surface area contributed by atoms with E-state index in [0.29, 0.717) is 25.6 Å². The van der Waals surface area contributed by atoms with E-state index in [9.17, 15) is 4.79 Å². The Balaban J connectivity index is 1.34. The first kappa shape index (κ1) is 28.3. The molecule has 212 valence electrons. The molecule has 0 spiro atoms. The lowest BCUT2D eigenvalue weighted by molar-refractivity contribution is -0.129. The highest BCUT2D eigenvalue weighted by Crippen LogP contribution is 2.35. The van der Waals surface area contributed by atoms with Gasteiger partial charge in [-0.2, -0.15) is 15.3 Å². The standard InChI is InChI=1S/C29H36IN7O3/c1-6-23-21-16-20(11-12-26(21)37(33-23)27-10-8-9-14-39-27)22-17-31-35(5)29(22)40-15-13-36(19(3)38)18-24-28(30)25(7-2)34(4)32-24/h6,11-12,16-17,27H,1,7-10,13-15,18H2,2-5H3. The monoisotopic (exact) mass is 657 g/mol. The van der Waals surface area contributed by atoms with E-state index < -0.39 is 0 Å². The van der Waals surface area contributed by atoms with E-state index in [1.54, 1.807) is 22.6 Å². The zero-order chi connectivity index (χ0) is 28.4. The molecule has 1 atom stereocenters. The molecule has 40 heavy (non-hydrogen) atoms. The van der Waals surface area contributed by atoms with Crippen molar-refractivity contribution in [2.24, 2.45) is 14.1 Å². The van der Waals surface area contributed by atoms with Crippen molar-refractivity contribution < 1.29 is 14.3 Å². The van der Waals surface area contributed by atoms with Crippen LogP contribution in [0.1, 0.15) is 56.4 Å². The molecule has 1 aromatic carbocycles. The van der Waals surface area contributed by atoms with Gasteiger partial charge in [0.25, 0.3) is 0 Å². The Labute approximate surface area is 248 Å². The van der Waals surface area contributed by atoms with Crippen LogP contribution in [0.3, 0.4) is 0 Å². The lowest BCUT2D eigenvalue weighted by Crippen LogP contribution is -2.33. The fourth-order valence-corrected chi connectivity index (χ4v) is 6.28. The van der Waals surface area contributed by atoms with Crippen molar-refractivity contribution in [3.8, 4) is 17.0 Å². The number of hydrogen-bond donors (Lipinski definition) is 0. The Morgan fingerprint density at radius 3 is 2.77 bits per heavy atom. The average molecular weight is 658 g/mol. The van der Waals surface area contributed by atoms with Crippen LogP contribution in [-0.4, -0.2) is 59.9 Å². The van der Waals surface area contributed by atoms with E-state index in [1.165, 1.54) is 5.69 Å². The Kier molecular flexibility index (Phi) is 8.60. The summed E-state index contributed by atoms with van der Waals surface area (Å²) in [6.45, 7) is 9.63. The Bertz CT molecular complexity index is 1530. The van der Waals surface area contributed by atoms with Gasteiger partial charge in [-0.05, 0) is 72.0 Å². The van der Waals surface area contributed by atoms with Crippen molar-refractivity contribution in [1.82, 2.24) is 34.2 Å². The number of ether oxygens (including phenoxy) is 2. The van der Waals surface area contributed by atoms with Gasteiger partial charge in [-0.1, -0.05) is 19.6 Å². The Hall–Kier alpha value is -3.19. The molecular formula is C29H36IN7O3. The molecular weight excluding hydrogens is 621 g/mol. The van der Waals surface area contributed by atoms with Crippen LogP contribution in [0.4, 0.5) is 0 Å². The van der Waals surface area contributed by atoms with E-state index in [-0.39, 0.29) is 12.1 Å². The smallest absolute Gasteiger partial charge is 0.219 e. The van der Waals surface area contributed by atoms with E-state index in [1.807, 2.05) is 29.7 Å². The van der Waals surface area contributed by atoms with E-state index in [2.05, 4.69) is 64.5 Å². The van der Waals surface area contributed by atoms with Gasteiger partial charge in [-0.3, -0.25) is 9.48 Å². The maximum Gasteiger partial charge on any atom is 0.219 e. The highest BCUT2D eigenvalue weighted by Gasteiger charge is 2.22. The molecule has 1 aliphatic heterocycles. The molecule has 0 aliphatic carbocycles. The second-order valence-electron chi connectivity index (χ2n) is 10.0. The van der Waals surface area contributed by atoms with Crippen LogP contribution in [0.25, 0.3) is 28.1 Å². The molecule has 1 saturated heterocycles. The number of aromatic nitrogens is 6. The van der Waals surface area contributed by atoms with Crippen LogP contribution in [0.2, 0.25) is 0 Å². The SMILES string of the molecule is C=Cc1nn(C2CCCCO2)c2ccc(-c3cnn(C)c3OCCN(Cc3nn(C)c(CC)c3I)C(C)=O)cc12. The molecule has 11 heteroatoms. The van der Waals surface area contributed by atoms with Crippen molar-refractivity contribution in [1.29, 1.82) is 0 Å². The number of nitrogens with zero attached hydrogens (tertiary/aromatic N) is 7. The number of aryl methyl sites for hydroxylation is 2. The number of fused-ring (bicyclic) bond motifs is 1. The first-order valence-electron chi connectivity index (χ1n) is 13.7. The first-order chi connectivity index (χ1) is 19.3. The number of carbonyl (C=O) groups excluding carboxylic acids is 1. The van der Waals surface area contributed by atoms with Crippen LogP contribution < -0.4 is 4.74 Å². The van der Waals surface area contributed by atoms with E-state index in [4.69, 9.17) is 14.6 Å². The molecule has 5 rings (SSSR count). The van der Waals surface area contributed by atoms with Crippen molar-refractivity contribution in [2.75, 3.05) is 19.8 Å². The summed E-state index contributed by atoms with van der Waals surface area (Å²) >= 11 is 2.32. The lowest BCUT2D eigenvalue weighted by atomic mass is 10.1. The summed E-state index contributed by atoms with van der Waals surface area (Å²) in [4.78, 5) is 14.2. The summed E-state index contributed by atoms with van der Waals surface area (Å²) in [5, 5.41) is 14.9. The Morgan fingerprint density at radius 1 is 1.27 bits per heavy atom. The van der Waals surface area contributed by atoms with Gasteiger partial charge in [-0.25, -0.2) is 9.36 Å². The second-order valence-corrected chi connectivity index (χ2v) is 11.1. The van der Waals surface area contributed by atoms with Gasteiger partial charge in [0.05, 0.1) is 51.0 Å². The van der Waals surface area contributed by atoms with Crippen LogP contribution in [0.15, 0.2) is 31.0 Å². The van der Waals surface area contributed by atoms with Gasteiger partial charge >= 0.3 is 0 Å². The zero-order valence-electron chi connectivity index (χ0n) is 23.6. The largest absolute Gasteiger partial charge is 0.476 e. The van der Waals surface area contributed by atoms with Crippen molar-refractivity contribution >= 4 is 45.5 Å². The fraction of sp³-hybridized carbons (Fsp3) is 0.448. The van der Waals surface area contributed by atoms with Crippen molar-refractivity contribution in [3.05, 3.63) is 51.6 Å². The third-order valence-corrected chi connectivity index (χ3v) is 8.69. The van der Waals surface area contributed by atoms with Gasteiger partial charge in [-0.15, -0.1) is 0 Å². The topological polar surface area (TPSA) is 92.2 Å². The number of benzene rings is 1. The third-order valence-electron chi connectivity index (χ3n) is 7.44. The Morgan fingerprint density at radius 2 is 2.10 bits per heavy atom. The second kappa shape index (κ2) is 12.1. The molecule has 1 fully saturated rings. The number of halogens is 1. The fourth-order valence-electron chi connectivity index (χ4n) is 5.27. The number of rotatable bonds is 10. The predicted molar refractivity (Wildman–Crippen MR) is 163 cm³/mol. The minimum atomic E-state index is -0.0553. The molecule has 0 bridgehead atoms. The summed E-state index contributed by atoms with van der Waals surface area (Å²) < 4.78 is 19.0. The number of carbonyl (C=O) groups is 1. The molecule has 1 unspecified atom stereocenters. The minimum absolute atomic E-state index is 0.0188. The molecule has 0 radical (unpaired) electrons. The number of amides is 1. The van der Waals surface area contributed by atoms with Crippen LogP contribution in [-0.2, 0) is 36.6 Å². The van der Waals surface area contributed by atoms with Gasteiger partial charge in [0.15, 0.2) is 6.23 Å². The van der Waals surface area contributed by atoms with Gasteiger partial charge in [0, 0.05) is 33.0 Å². The average Bonchev–Trinajstić information content (AvgIpc) is 3.60. The van der Waals surface area contributed by atoms with E-state index in [0.717, 1.165) is 69.3 Å². The molecule has 4 heterocycles. The summed E-state index contributed by atoms with van der Waals surface area (Å²) in [6.07, 6.45) is 7.60. The molecule has 0 saturated carbocycles. The van der Waals surface area contributed by atoms with Crippen molar-refractivity contribution in [3.63, 3.8) is 0 Å². The van der Waals surface area contributed by atoms with Crippen LogP contribution in [0.5, 0.6) is 5.88 Å². The molecule has 0 N–H and O–H groups in total. The minimum Gasteiger partial charge on any atom is -0.476 e. The predicted octanol–water partition coefficient (Wildman–Crippen LogP) is 5.11. The summed E-state index contributed by atoms with van der Waals surface area (Å²) in [5.74, 6) is 0.626. The quantitative estimate of drug-likeness (QED) is 0.220. The van der Waals surface area contributed by atoms with Crippen LogP contribution >= 0.6 is 22.6 Å². The molecule has 1 aliphatic rings. The zero-order valence-corrected chi connectivity index (χ0v) is 25.7. The molecule has 1 amide bonds. The van der Waals surface area contributed by atoms with Gasteiger partial charge in [0.1, 0.15) is 6.61 Å². The third kappa shape index (κ3) is 5.53. The molecule has 10 nitrogen and oxygen atoms in total. The number of hydrogen-bond acceptors (Lipinski definition) is 6.